The minimum absolute atomic E-state index is 0.0220. The van der Waals surface area contributed by atoms with Gasteiger partial charge in [0, 0.05) is 24.4 Å². The maximum atomic E-state index is 11.7. The molecule has 20 heavy (non-hydrogen) atoms. The van der Waals surface area contributed by atoms with Crippen LogP contribution in [0.5, 0.6) is 0 Å². The third-order valence-corrected chi connectivity index (χ3v) is 4.13. The Morgan fingerprint density at radius 1 is 1.35 bits per heavy atom. The van der Waals surface area contributed by atoms with Crippen LogP contribution in [0, 0.1) is 11.8 Å². The van der Waals surface area contributed by atoms with Crippen LogP contribution in [0.25, 0.3) is 0 Å². The molecule has 4 nitrogen and oxygen atoms in total. The number of imidazole rings is 1. The topological polar surface area (TPSA) is 44.1 Å². The number of methoxy groups -OCH3 is 1. The summed E-state index contributed by atoms with van der Waals surface area (Å²) in [4.78, 5) is 16.0. The molecule has 1 aliphatic rings. The highest BCUT2D eigenvalue weighted by atomic mass is 16.5. The number of rotatable bonds is 4. The van der Waals surface area contributed by atoms with Crippen LogP contribution in [0.2, 0.25) is 0 Å². The lowest BCUT2D eigenvalue weighted by atomic mass is 10.2. The van der Waals surface area contributed by atoms with Gasteiger partial charge >= 0.3 is 5.97 Å². The van der Waals surface area contributed by atoms with Crippen molar-refractivity contribution in [3.8, 4) is 0 Å². The van der Waals surface area contributed by atoms with Crippen LogP contribution in [0.4, 0.5) is 0 Å². The third-order valence-electron chi connectivity index (χ3n) is 4.13. The minimum atomic E-state index is -0.116. The van der Waals surface area contributed by atoms with Crippen molar-refractivity contribution in [1.29, 1.82) is 0 Å². The van der Waals surface area contributed by atoms with Gasteiger partial charge in [0.05, 0.1) is 19.4 Å². The summed E-state index contributed by atoms with van der Waals surface area (Å²) in [7, 11) is 1.45. The zero-order chi connectivity index (χ0) is 14.1. The zero-order valence-electron chi connectivity index (χ0n) is 11.7. The highest BCUT2D eigenvalue weighted by Gasteiger charge is 2.54. The summed E-state index contributed by atoms with van der Waals surface area (Å²) in [5, 5.41) is 0. The predicted octanol–water partition coefficient (Wildman–Crippen LogP) is 2.45. The van der Waals surface area contributed by atoms with Crippen LogP contribution < -0.4 is 0 Å². The number of aromatic nitrogens is 2. The summed E-state index contributed by atoms with van der Waals surface area (Å²) in [5.41, 5.74) is 2.35. The predicted molar refractivity (Wildman–Crippen MR) is 75.2 cm³/mol. The fourth-order valence-electron chi connectivity index (χ4n) is 2.93. The smallest absolute Gasteiger partial charge is 0.309 e. The lowest BCUT2D eigenvalue weighted by Gasteiger charge is -2.08. The molecular weight excluding hydrogens is 252 g/mol. The maximum Gasteiger partial charge on any atom is 0.309 e. The van der Waals surface area contributed by atoms with Crippen LogP contribution in [-0.2, 0) is 16.1 Å². The van der Waals surface area contributed by atoms with Crippen molar-refractivity contribution in [2.75, 3.05) is 7.11 Å². The number of carbonyl (C=O) groups excluding carboxylic acids is 1. The molecule has 1 aromatic heterocycles. The maximum absolute atomic E-state index is 11.7. The van der Waals surface area contributed by atoms with Gasteiger partial charge < -0.3 is 9.30 Å². The van der Waals surface area contributed by atoms with Gasteiger partial charge in [-0.3, -0.25) is 4.79 Å². The van der Waals surface area contributed by atoms with E-state index in [9.17, 15) is 4.79 Å². The quantitative estimate of drug-likeness (QED) is 0.802. The van der Waals surface area contributed by atoms with E-state index in [2.05, 4.69) is 28.6 Å². The number of carbonyl (C=O) groups is 1. The summed E-state index contributed by atoms with van der Waals surface area (Å²) >= 11 is 0. The Morgan fingerprint density at radius 2 is 2.10 bits per heavy atom. The van der Waals surface area contributed by atoms with E-state index in [4.69, 9.17) is 4.74 Å². The second-order valence-electron chi connectivity index (χ2n) is 5.37. The van der Waals surface area contributed by atoms with Crippen molar-refractivity contribution in [1.82, 2.24) is 9.55 Å². The average Bonchev–Trinajstić information content (AvgIpc) is 2.92. The van der Waals surface area contributed by atoms with E-state index in [-0.39, 0.29) is 17.8 Å². The highest BCUT2D eigenvalue weighted by Crippen LogP contribution is 2.54. The number of ether oxygens (including phenoxy) is 1. The van der Waals surface area contributed by atoms with Gasteiger partial charge in [0.25, 0.3) is 0 Å². The third kappa shape index (κ3) is 2.22. The molecule has 0 radical (unpaired) electrons. The number of benzene rings is 1. The molecule has 1 aromatic carbocycles. The molecule has 1 fully saturated rings. The van der Waals surface area contributed by atoms with Crippen LogP contribution in [-0.4, -0.2) is 22.6 Å². The van der Waals surface area contributed by atoms with E-state index < -0.39 is 0 Å². The molecule has 3 rings (SSSR count). The first-order valence-corrected chi connectivity index (χ1v) is 6.84. The van der Waals surface area contributed by atoms with Gasteiger partial charge in [-0.25, -0.2) is 4.98 Å². The van der Waals surface area contributed by atoms with Crippen molar-refractivity contribution < 1.29 is 9.53 Å². The summed E-state index contributed by atoms with van der Waals surface area (Å²) in [6, 6.07) is 10.3. The molecule has 0 bridgehead atoms. The van der Waals surface area contributed by atoms with Crippen molar-refractivity contribution in [3.05, 3.63) is 54.1 Å². The Kier molecular flexibility index (Phi) is 3.30. The van der Waals surface area contributed by atoms with Crippen LogP contribution in [0.1, 0.15) is 24.1 Å². The molecule has 1 saturated carbocycles. The van der Waals surface area contributed by atoms with Gasteiger partial charge in [0.2, 0.25) is 0 Å². The van der Waals surface area contributed by atoms with E-state index in [1.807, 2.05) is 30.7 Å². The molecule has 0 spiro atoms. The monoisotopic (exact) mass is 270 g/mol. The summed E-state index contributed by atoms with van der Waals surface area (Å²) in [6.45, 7) is 2.87. The van der Waals surface area contributed by atoms with Crippen molar-refractivity contribution in [2.45, 2.75) is 19.4 Å². The molecule has 1 heterocycles. The molecule has 0 amide bonds. The first-order valence-electron chi connectivity index (χ1n) is 6.84. The zero-order valence-corrected chi connectivity index (χ0v) is 11.7. The molecule has 104 valence electrons. The molecule has 0 saturated heterocycles. The van der Waals surface area contributed by atoms with E-state index in [1.54, 1.807) is 0 Å². The fraction of sp³-hybridized carbons (Fsp3) is 0.375. The van der Waals surface area contributed by atoms with Gasteiger partial charge in [-0.1, -0.05) is 37.3 Å². The Hall–Kier alpha value is -2.10. The first-order chi connectivity index (χ1) is 9.72. The molecule has 0 N–H and O–H groups in total. The van der Waals surface area contributed by atoms with Gasteiger partial charge in [-0.05, 0) is 11.5 Å². The van der Waals surface area contributed by atoms with Crippen LogP contribution in [0.3, 0.4) is 0 Å². The SMILES string of the molecule is COC(=O)[C@H]1[C@@H](C)[C@H]1c1cncn1Cc1ccccc1. The van der Waals surface area contributed by atoms with Crippen molar-refractivity contribution >= 4 is 5.97 Å². The van der Waals surface area contributed by atoms with E-state index in [0.29, 0.717) is 5.92 Å². The van der Waals surface area contributed by atoms with Gasteiger partial charge in [0.1, 0.15) is 0 Å². The molecule has 0 aliphatic heterocycles. The largest absolute Gasteiger partial charge is 0.469 e. The molecule has 4 heteroatoms. The summed E-state index contributed by atoms with van der Waals surface area (Å²) < 4.78 is 6.99. The second kappa shape index (κ2) is 5.12. The average molecular weight is 270 g/mol. The second-order valence-corrected chi connectivity index (χ2v) is 5.37. The van der Waals surface area contributed by atoms with Crippen LogP contribution >= 0.6 is 0 Å². The van der Waals surface area contributed by atoms with Gasteiger partial charge in [-0.2, -0.15) is 0 Å². The first kappa shape index (κ1) is 12.9. The standard InChI is InChI=1S/C16H18N2O2/c1-11-14(15(11)16(19)20-2)13-8-17-10-18(13)9-12-6-4-3-5-7-12/h3-8,10-11,14-15H,9H2,1-2H3/t11-,14-,15-/m0/s1. The number of esters is 1. The summed E-state index contributed by atoms with van der Waals surface area (Å²) in [5.74, 6) is 0.420. The molecule has 3 atom stereocenters. The van der Waals surface area contributed by atoms with Crippen molar-refractivity contribution in [2.24, 2.45) is 11.8 Å². The highest BCUT2D eigenvalue weighted by molar-refractivity contribution is 5.77. The Labute approximate surface area is 118 Å². The Balaban J connectivity index is 1.80. The Morgan fingerprint density at radius 3 is 2.80 bits per heavy atom. The van der Waals surface area contributed by atoms with E-state index in [0.717, 1.165) is 12.2 Å². The molecule has 2 aromatic rings. The van der Waals surface area contributed by atoms with Crippen molar-refractivity contribution in [3.63, 3.8) is 0 Å². The number of nitrogens with zero attached hydrogens (tertiary/aromatic N) is 2. The minimum Gasteiger partial charge on any atom is -0.469 e. The van der Waals surface area contributed by atoms with E-state index >= 15 is 0 Å². The molecular formula is C16H18N2O2. The van der Waals surface area contributed by atoms with Gasteiger partial charge in [-0.15, -0.1) is 0 Å². The fourth-order valence-corrected chi connectivity index (χ4v) is 2.93. The van der Waals surface area contributed by atoms with E-state index in [1.165, 1.54) is 12.7 Å². The lowest BCUT2D eigenvalue weighted by Crippen LogP contribution is -2.07. The van der Waals surface area contributed by atoms with Gasteiger partial charge in [0.15, 0.2) is 0 Å². The molecule has 0 unspecified atom stereocenters. The Bertz CT molecular complexity index is 606. The lowest BCUT2D eigenvalue weighted by molar-refractivity contribution is -0.142. The molecule has 1 aliphatic carbocycles. The summed E-state index contributed by atoms with van der Waals surface area (Å²) in [6.07, 6.45) is 3.70. The number of hydrogen-bond acceptors (Lipinski definition) is 3. The van der Waals surface area contributed by atoms with Crippen LogP contribution in [0.15, 0.2) is 42.9 Å². The number of hydrogen-bond donors (Lipinski definition) is 0. The normalized spacial score (nSPS) is 24.4.